The van der Waals surface area contributed by atoms with Crippen LogP contribution in [0.1, 0.15) is 52.1 Å². The molecule has 0 spiro atoms. The molecular weight excluding hydrogens is 506 g/mol. The van der Waals surface area contributed by atoms with E-state index in [4.69, 9.17) is 10.5 Å². The molecule has 0 amide bonds. The average Bonchev–Trinajstić information content (AvgIpc) is 3.41. The minimum absolute atomic E-state index is 0.0901. The molecule has 196 valence electrons. The van der Waals surface area contributed by atoms with Crippen LogP contribution in [-0.4, -0.2) is 25.7 Å². The molecule has 0 aliphatic rings. The summed E-state index contributed by atoms with van der Waals surface area (Å²) in [4.78, 5) is 22.6. The van der Waals surface area contributed by atoms with Crippen LogP contribution in [-0.2, 0) is 13.0 Å². The second-order valence-electron chi connectivity index (χ2n) is 9.94. The van der Waals surface area contributed by atoms with Crippen molar-refractivity contribution in [2.75, 3.05) is 0 Å². The third kappa shape index (κ3) is 5.30. The minimum Gasteiger partial charge on any atom is -0.485 e. The molecule has 1 unspecified atom stereocenters. The SMILES string of the molecule is Cc1cc(OCc2c(F)cccc2F)c2nc(C)c(C(=O)CCC(C)(N)Cc3nc4ccccc4s3)n2c1. The number of fused-ring (bicyclic) bond motifs is 2. The van der Waals surface area contributed by atoms with Gasteiger partial charge in [0.05, 0.1) is 26.5 Å². The summed E-state index contributed by atoms with van der Waals surface area (Å²) in [6, 6.07) is 13.4. The van der Waals surface area contributed by atoms with Crippen molar-refractivity contribution in [3.8, 4) is 5.75 Å². The van der Waals surface area contributed by atoms with E-state index in [1.54, 1.807) is 28.7 Å². The molecule has 0 aliphatic carbocycles. The monoisotopic (exact) mass is 534 g/mol. The van der Waals surface area contributed by atoms with Crippen LogP contribution in [0, 0.1) is 25.5 Å². The summed E-state index contributed by atoms with van der Waals surface area (Å²) in [5, 5.41) is 0.943. The molecule has 2 aromatic carbocycles. The summed E-state index contributed by atoms with van der Waals surface area (Å²) in [6.45, 7) is 5.25. The standard InChI is InChI=1S/C29H28F2N4O2S/c1-17-13-24(37-16-19-20(30)7-6-8-21(19)31)28-33-18(2)27(35(28)15-17)23(36)11-12-29(3,32)14-26-34-22-9-4-5-10-25(22)38-26/h4-10,13,15H,11-12,14,16,32H2,1-3H3. The fourth-order valence-electron chi connectivity index (χ4n) is 4.57. The Morgan fingerprint density at radius 1 is 1.11 bits per heavy atom. The smallest absolute Gasteiger partial charge is 0.181 e. The summed E-state index contributed by atoms with van der Waals surface area (Å²) >= 11 is 1.62. The zero-order valence-corrected chi connectivity index (χ0v) is 22.2. The first-order chi connectivity index (χ1) is 18.1. The highest BCUT2D eigenvalue weighted by Crippen LogP contribution is 2.29. The number of imidazole rings is 1. The zero-order chi connectivity index (χ0) is 27.0. The number of Topliss-reactive ketones (excluding diaryl/α,β-unsaturated/α-hetero) is 1. The number of pyridine rings is 1. The maximum Gasteiger partial charge on any atom is 0.181 e. The lowest BCUT2D eigenvalue weighted by Crippen LogP contribution is -2.39. The average molecular weight is 535 g/mol. The molecule has 9 heteroatoms. The molecule has 6 nitrogen and oxygen atoms in total. The number of carbonyl (C=O) groups is 1. The van der Waals surface area contributed by atoms with Gasteiger partial charge >= 0.3 is 0 Å². The molecule has 0 fully saturated rings. The Balaban J connectivity index is 1.34. The van der Waals surface area contributed by atoms with E-state index in [1.807, 2.05) is 44.3 Å². The van der Waals surface area contributed by atoms with Gasteiger partial charge in [0.1, 0.15) is 23.9 Å². The van der Waals surface area contributed by atoms with Gasteiger partial charge in [-0.3, -0.25) is 9.20 Å². The molecule has 0 aliphatic heterocycles. The number of hydrogen-bond acceptors (Lipinski definition) is 6. The first kappa shape index (κ1) is 25.9. The van der Waals surface area contributed by atoms with Crippen molar-refractivity contribution in [1.82, 2.24) is 14.4 Å². The Kier molecular flexibility index (Phi) is 6.98. The number of rotatable bonds is 9. The van der Waals surface area contributed by atoms with Crippen LogP contribution in [0.2, 0.25) is 0 Å². The molecule has 3 heterocycles. The van der Waals surface area contributed by atoms with Crippen molar-refractivity contribution in [3.63, 3.8) is 0 Å². The number of halogens is 2. The highest BCUT2D eigenvalue weighted by atomic mass is 32.1. The minimum atomic E-state index is -0.681. The highest BCUT2D eigenvalue weighted by molar-refractivity contribution is 7.18. The van der Waals surface area contributed by atoms with Crippen LogP contribution < -0.4 is 10.5 Å². The Morgan fingerprint density at radius 2 is 1.84 bits per heavy atom. The van der Waals surface area contributed by atoms with Crippen molar-refractivity contribution >= 4 is 33.0 Å². The van der Waals surface area contributed by atoms with Crippen LogP contribution in [0.3, 0.4) is 0 Å². The Bertz CT molecular complexity index is 1600. The van der Waals surface area contributed by atoms with E-state index in [2.05, 4.69) is 9.97 Å². The number of thiazole rings is 1. The third-order valence-corrected chi connectivity index (χ3v) is 7.55. The maximum atomic E-state index is 14.1. The quantitative estimate of drug-likeness (QED) is 0.223. The number of nitrogens with zero attached hydrogens (tertiary/aromatic N) is 3. The van der Waals surface area contributed by atoms with E-state index < -0.39 is 17.2 Å². The number of para-hydroxylation sites is 1. The summed E-state index contributed by atoms with van der Waals surface area (Å²) in [7, 11) is 0. The lowest BCUT2D eigenvalue weighted by Gasteiger charge is -2.23. The lowest BCUT2D eigenvalue weighted by atomic mass is 9.91. The fourth-order valence-corrected chi connectivity index (χ4v) is 5.73. The Labute approximate surface area is 223 Å². The van der Waals surface area contributed by atoms with Gasteiger partial charge in [-0.2, -0.15) is 0 Å². The highest BCUT2D eigenvalue weighted by Gasteiger charge is 2.26. The molecule has 38 heavy (non-hydrogen) atoms. The van der Waals surface area contributed by atoms with Crippen molar-refractivity contribution in [2.24, 2.45) is 5.73 Å². The topological polar surface area (TPSA) is 82.5 Å². The van der Waals surface area contributed by atoms with Gasteiger partial charge in [0.25, 0.3) is 0 Å². The largest absolute Gasteiger partial charge is 0.485 e. The van der Waals surface area contributed by atoms with Gasteiger partial charge in [0, 0.05) is 24.6 Å². The number of hydrogen-bond donors (Lipinski definition) is 1. The molecular formula is C29H28F2N4O2S. The van der Waals surface area contributed by atoms with Crippen molar-refractivity contribution in [1.29, 1.82) is 0 Å². The molecule has 5 aromatic rings. The third-order valence-electron chi connectivity index (χ3n) is 6.51. The molecule has 1 atom stereocenters. The van der Waals surface area contributed by atoms with E-state index in [9.17, 15) is 13.6 Å². The first-order valence-corrected chi connectivity index (χ1v) is 13.1. The van der Waals surface area contributed by atoms with E-state index in [0.29, 0.717) is 35.6 Å². The molecule has 2 N–H and O–H groups in total. The van der Waals surface area contributed by atoms with Crippen molar-refractivity contribution in [3.05, 3.63) is 93.9 Å². The predicted octanol–water partition coefficient (Wildman–Crippen LogP) is 6.34. The van der Waals surface area contributed by atoms with Gasteiger partial charge in [0.2, 0.25) is 0 Å². The van der Waals surface area contributed by atoms with Crippen LogP contribution in [0.5, 0.6) is 5.75 Å². The van der Waals surface area contributed by atoms with Crippen molar-refractivity contribution < 1.29 is 18.3 Å². The predicted molar refractivity (Wildman–Crippen MR) is 145 cm³/mol. The van der Waals surface area contributed by atoms with Gasteiger partial charge in [-0.1, -0.05) is 18.2 Å². The summed E-state index contributed by atoms with van der Waals surface area (Å²) < 4.78 is 36.8. The molecule has 5 rings (SSSR count). The number of benzene rings is 2. The number of carbonyl (C=O) groups excluding carboxylic acids is 1. The second kappa shape index (κ2) is 10.2. The maximum absolute atomic E-state index is 14.1. The summed E-state index contributed by atoms with van der Waals surface area (Å²) in [5.74, 6) is -1.11. The van der Waals surface area contributed by atoms with Crippen LogP contribution in [0.15, 0.2) is 54.7 Å². The van der Waals surface area contributed by atoms with E-state index in [1.165, 1.54) is 18.2 Å². The van der Waals surface area contributed by atoms with Gasteiger partial charge in [-0.05, 0) is 63.1 Å². The molecule has 0 saturated heterocycles. The van der Waals surface area contributed by atoms with Crippen LogP contribution >= 0.6 is 11.3 Å². The van der Waals surface area contributed by atoms with Gasteiger partial charge in [-0.15, -0.1) is 11.3 Å². The van der Waals surface area contributed by atoms with Crippen molar-refractivity contribution in [2.45, 2.75) is 52.2 Å². The second-order valence-corrected chi connectivity index (χ2v) is 11.1. The molecule has 3 aromatic heterocycles. The Morgan fingerprint density at radius 3 is 2.58 bits per heavy atom. The van der Waals surface area contributed by atoms with Gasteiger partial charge in [-0.25, -0.2) is 18.7 Å². The molecule has 0 saturated carbocycles. The van der Waals surface area contributed by atoms with Gasteiger partial charge < -0.3 is 10.5 Å². The first-order valence-electron chi connectivity index (χ1n) is 12.3. The number of nitrogens with two attached hydrogens (primary N) is 1. The lowest BCUT2D eigenvalue weighted by molar-refractivity contribution is 0.0965. The summed E-state index contributed by atoms with van der Waals surface area (Å²) in [6.07, 6.45) is 3.07. The summed E-state index contributed by atoms with van der Waals surface area (Å²) in [5.41, 5.74) is 8.99. The Hall–Kier alpha value is -3.69. The number of ether oxygens (including phenoxy) is 1. The van der Waals surface area contributed by atoms with E-state index >= 15 is 0 Å². The number of aromatic nitrogens is 3. The number of aryl methyl sites for hydroxylation is 2. The normalized spacial score (nSPS) is 13.2. The molecule has 0 radical (unpaired) electrons. The number of ketones is 1. The van der Waals surface area contributed by atoms with Crippen LogP contribution in [0.25, 0.3) is 15.9 Å². The van der Waals surface area contributed by atoms with Crippen LogP contribution in [0.4, 0.5) is 8.78 Å². The fraction of sp³-hybridized carbons (Fsp3) is 0.276. The van der Waals surface area contributed by atoms with E-state index in [0.717, 1.165) is 20.8 Å². The van der Waals surface area contributed by atoms with E-state index in [-0.39, 0.29) is 24.4 Å². The van der Waals surface area contributed by atoms with Gasteiger partial charge in [0.15, 0.2) is 17.2 Å². The molecule has 0 bridgehead atoms. The zero-order valence-electron chi connectivity index (χ0n) is 21.4.